The molecule has 0 saturated carbocycles. The fourth-order valence-corrected chi connectivity index (χ4v) is 2.25. The summed E-state index contributed by atoms with van der Waals surface area (Å²) < 4.78 is 0. The molecule has 0 aliphatic heterocycles. The number of nitrogens with zero attached hydrogens (tertiary/aromatic N) is 1. The maximum atomic E-state index is 4.59. The van der Waals surface area contributed by atoms with Gasteiger partial charge in [0.25, 0.3) is 0 Å². The molecule has 0 fully saturated rings. The Kier molecular flexibility index (Phi) is 2.34. The van der Waals surface area contributed by atoms with Crippen molar-refractivity contribution in [3.63, 3.8) is 0 Å². The smallest absolute Gasteiger partial charge is 0.0494 e. The monoisotopic (exact) mass is 189 g/mol. The second-order valence-electron chi connectivity index (χ2n) is 4.89. The van der Waals surface area contributed by atoms with Gasteiger partial charge in [-0.3, -0.25) is 4.98 Å². The SMILES string of the molecule is CCC(C)(C)c1nccc2c1CCC2. The molecule has 1 aliphatic rings. The summed E-state index contributed by atoms with van der Waals surface area (Å²) in [5.41, 5.74) is 4.67. The summed E-state index contributed by atoms with van der Waals surface area (Å²) in [5, 5.41) is 0. The van der Waals surface area contributed by atoms with E-state index in [1.165, 1.54) is 30.5 Å². The van der Waals surface area contributed by atoms with Crippen molar-refractivity contribution < 1.29 is 0 Å². The van der Waals surface area contributed by atoms with Crippen LogP contribution in [0, 0.1) is 0 Å². The maximum Gasteiger partial charge on any atom is 0.0494 e. The third kappa shape index (κ3) is 1.45. The molecule has 0 amide bonds. The molecule has 1 aliphatic carbocycles. The molecule has 0 saturated heterocycles. The van der Waals surface area contributed by atoms with Crippen LogP contribution in [0.1, 0.15) is 50.4 Å². The van der Waals surface area contributed by atoms with Gasteiger partial charge in [-0.1, -0.05) is 20.8 Å². The van der Waals surface area contributed by atoms with Crippen LogP contribution >= 0.6 is 0 Å². The molecule has 14 heavy (non-hydrogen) atoms. The Morgan fingerprint density at radius 1 is 1.36 bits per heavy atom. The summed E-state index contributed by atoms with van der Waals surface area (Å²) in [4.78, 5) is 4.59. The van der Waals surface area contributed by atoms with Crippen LogP contribution < -0.4 is 0 Å². The Balaban J connectivity index is 2.49. The van der Waals surface area contributed by atoms with Gasteiger partial charge in [-0.05, 0) is 42.9 Å². The van der Waals surface area contributed by atoms with Crippen molar-refractivity contribution in [1.82, 2.24) is 4.98 Å². The largest absolute Gasteiger partial charge is 0.260 e. The molecule has 1 heterocycles. The zero-order valence-corrected chi connectivity index (χ0v) is 9.43. The highest BCUT2D eigenvalue weighted by molar-refractivity contribution is 5.37. The van der Waals surface area contributed by atoms with Gasteiger partial charge in [0.15, 0.2) is 0 Å². The van der Waals surface area contributed by atoms with Gasteiger partial charge in [0.2, 0.25) is 0 Å². The second kappa shape index (κ2) is 3.38. The number of aromatic nitrogens is 1. The summed E-state index contributed by atoms with van der Waals surface area (Å²) in [7, 11) is 0. The summed E-state index contributed by atoms with van der Waals surface area (Å²) in [6.45, 7) is 6.85. The highest BCUT2D eigenvalue weighted by Crippen LogP contribution is 2.33. The molecule has 1 aromatic rings. The van der Waals surface area contributed by atoms with E-state index in [0.29, 0.717) is 0 Å². The average molecular weight is 189 g/mol. The minimum Gasteiger partial charge on any atom is -0.260 e. The lowest BCUT2D eigenvalue weighted by Crippen LogP contribution is -2.19. The maximum absolute atomic E-state index is 4.59. The third-order valence-corrected chi connectivity index (χ3v) is 3.55. The van der Waals surface area contributed by atoms with Crippen LogP contribution in [0.4, 0.5) is 0 Å². The minimum absolute atomic E-state index is 0.246. The average Bonchev–Trinajstić information content (AvgIpc) is 2.64. The van der Waals surface area contributed by atoms with Crippen molar-refractivity contribution in [1.29, 1.82) is 0 Å². The molecule has 0 spiro atoms. The number of pyridine rings is 1. The fraction of sp³-hybridized carbons (Fsp3) is 0.615. The van der Waals surface area contributed by atoms with Gasteiger partial charge in [0.05, 0.1) is 0 Å². The van der Waals surface area contributed by atoms with Crippen LogP contribution in [0.25, 0.3) is 0 Å². The number of hydrogen-bond acceptors (Lipinski definition) is 1. The predicted molar refractivity (Wildman–Crippen MR) is 59.6 cm³/mol. The van der Waals surface area contributed by atoms with E-state index >= 15 is 0 Å². The Morgan fingerprint density at radius 3 is 2.86 bits per heavy atom. The summed E-state index contributed by atoms with van der Waals surface area (Å²) in [6.07, 6.45) is 6.95. The molecule has 0 aromatic carbocycles. The van der Waals surface area contributed by atoms with Gasteiger partial charge in [0, 0.05) is 17.3 Å². The van der Waals surface area contributed by atoms with Crippen LogP contribution in [-0.4, -0.2) is 4.98 Å². The molecule has 0 unspecified atom stereocenters. The van der Waals surface area contributed by atoms with Gasteiger partial charge in [-0.15, -0.1) is 0 Å². The van der Waals surface area contributed by atoms with E-state index in [0.717, 1.165) is 6.42 Å². The standard InChI is InChI=1S/C13H19N/c1-4-13(2,3)12-11-7-5-6-10(11)8-9-14-12/h8-9H,4-7H2,1-3H3. The van der Waals surface area contributed by atoms with Crippen LogP contribution in [0.2, 0.25) is 0 Å². The zero-order valence-electron chi connectivity index (χ0n) is 9.43. The van der Waals surface area contributed by atoms with Gasteiger partial charge >= 0.3 is 0 Å². The topological polar surface area (TPSA) is 12.9 Å². The summed E-state index contributed by atoms with van der Waals surface area (Å²) in [5.74, 6) is 0. The molecular formula is C13H19N. The van der Waals surface area contributed by atoms with Crippen LogP contribution in [0.3, 0.4) is 0 Å². The Morgan fingerprint density at radius 2 is 2.14 bits per heavy atom. The van der Waals surface area contributed by atoms with Gasteiger partial charge < -0.3 is 0 Å². The van der Waals surface area contributed by atoms with Crippen molar-refractivity contribution in [2.24, 2.45) is 0 Å². The van der Waals surface area contributed by atoms with E-state index in [1.54, 1.807) is 5.56 Å². The molecular weight excluding hydrogens is 170 g/mol. The Bertz CT molecular complexity index is 339. The molecule has 1 heteroatoms. The molecule has 0 bridgehead atoms. The molecule has 1 aromatic heterocycles. The lowest BCUT2D eigenvalue weighted by atomic mass is 9.83. The zero-order chi connectivity index (χ0) is 10.2. The summed E-state index contributed by atoms with van der Waals surface area (Å²) in [6, 6.07) is 2.19. The van der Waals surface area contributed by atoms with Crippen molar-refractivity contribution in [3.05, 3.63) is 29.1 Å². The first-order valence-electron chi connectivity index (χ1n) is 5.62. The van der Waals surface area contributed by atoms with E-state index in [9.17, 15) is 0 Å². The second-order valence-corrected chi connectivity index (χ2v) is 4.89. The molecule has 2 rings (SSSR count). The highest BCUT2D eigenvalue weighted by atomic mass is 14.7. The number of fused-ring (bicyclic) bond motifs is 1. The minimum atomic E-state index is 0.246. The Labute approximate surface area is 86.6 Å². The van der Waals surface area contributed by atoms with Crippen molar-refractivity contribution in [2.45, 2.75) is 51.9 Å². The first-order valence-corrected chi connectivity index (χ1v) is 5.62. The molecule has 0 atom stereocenters. The quantitative estimate of drug-likeness (QED) is 0.696. The number of rotatable bonds is 2. The third-order valence-electron chi connectivity index (χ3n) is 3.55. The predicted octanol–water partition coefficient (Wildman–Crippen LogP) is 3.26. The van der Waals surface area contributed by atoms with Crippen LogP contribution in [0.5, 0.6) is 0 Å². The van der Waals surface area contributed by atoms with Crippen molar-refractivity contribution in [2.75, 3.05) is 0 Å². The fourth-order valence-electron chi connectivity index (χ4n) is 2.25. The first kappa shape index (κ1) is 9.70. The van der Waals surface area contributed by atoms with Crippen LogP contribution in [-0.2, 0) is 18.3 Å². The summed E-state index contributed by atoms with van der Waals surface area (Å²) >= 11 is 0. The van der Waals surface area contributed by atoms with E-state index in [1.807, 2.05) is 6.20 Å². The number of aryl methyl sites for hydroxylation is 1. The van der Waals surface area contributed by atoms with Crippen molar-refractivity contribution in [3.8, 4) is 0 Å². The first-order chi connectivity index (χ1) is 6.65. The lowest BCUT2D eigenvalue weighted by Gasteiger charge is -2.24. The van der Waals surface area contributed by atoms with Gasteiger partial charge in [0.1, 0.15) is 0 Å². The lowest BCUT2D eigenvalue weighted by molar-refractivity contribution is 0.485. The molecule has 1 nitrogen and oxygen atoms in total. The number of hydrogen-bond donors (Lipinski definition) is 0. The normalized spacial score (nSPS) is 15.6. The van der Waals surface area contributed by atoms with Gasteiger partial charge in [-0.2, -0.15) is 0 Å². The highest BCUT2D eigenvalue weighted by Gasteiger charge is 2.26. The van der Waals surface area contributed by atoms with E-state index < -0.39 is 0 Å². The van der Waals surface area contributed by atoms with Gasteiger partial charge in [-0.25, -0.2) is 0 Å². The Hall–Kier alpha value is -0.850. The molecule has 0 N–H and O–H groups in total. The van der Waals surface area contributed by atoms with E-state index in [2.05, 4.69) is 31.8 Å². The molecule has 76 valence electrons. The molecule has 0 radical (unpaired) electrons. The van der Waals surface area contributed by atoms with E-state index in [-0.39, 0.29) is 5.41 Å². The van der Waals surface area contributed by atoms with E-state index in [4.69, 9.17) is 0 Å². The van der Waals surface area contributed by atoms with Crippen LogP contribution in [0.15, 0.2) is 12.3 Å². The van der Waals surface area contributed by atoms with Crippen molar-refractivity contribution >= 4 is 0 Å².